The molecule has 6 nitrogen and oxygen atoms in total. The van der Waals surface area contributed by atoms with E-state index in [1.165, 1.54) is 24.3 Å². The average Bonchev–Trinajstić information content (AvgIpc) is 2.90. The third-order valence-electron chi connectivity index (χ3n) is 5.51. The summed E-state index contributed by atoms with van der Waals surface area (Å²) in [6, 6.07) is 28.4. The molecule has 4 aromatic carbocycles. The van der Waals surface area contributed by atoms with Crippen LogP contribution in [0, 0.1) is 0 Å². The van der Waals surface area contributed by atoms with Crippen LogP contribution in [0.3, 0.4) is 0 Å². The Balaban J connectivity index is 1.62. The third-order valence-corrected chi connectivity index (χ3v) is 8.08. The van der Waals surface area contributed by atoms with Crippen LogP contribution in [-0.2, 0) is 21.4 Å². The van der Waals surface area contributed by atoms with E-state index >= 15 is 0 Å². The summed E-state index contributed by atoms with van der Waals surface area (Å²) < 4.78 is 28.8. The Morgan fingerprint density at radius 1 is 0.838 bits per heavy atom. The number of carbonyl (C=O) groups is 2. The van der Waals surface area contributed by atoms with Gasteiger partial charge in [0.1, 0.15) is 0 Å². The van der Waals surface area contributed by atoms with Crippen LogP contribution in [0.5, 0.6) is 0 Å². The average molecular weight is 598 g/mol. The van der Waals surface area contributed by atoms with E-state index in [1.54, 1.807) is 72.8 Å². The largest absolute Gasteiger partial charge is 0.324 e. The third kappa shape index (κ3) is 6.72. The maximum absolute atomic E-state index is 13.5. The molecule has 0 radical (unpaired) electrons. The minimum absolute atomic E-state index is 0.0108. The minimum Gasteiger partial charge on any atom is -0.324 e. The van der Waals surface area contributed by atoms with E-state index in [0.29, 0.717) is 10.6 Å². The van der Waals surface area contributed by atoms with Crippen LogP contribution in [-0.4, -0.2) is 31.0 Å². The molecule has 0 aliphatic heterocycles. The van der Waals surface area contributed by atoms with Crippen LogP contribution in [0.4, 0.5) is 5.69 Å². The monoisotopic (exact) mass is 596 g/mol. The summed E-state index contributed by atoms with van der Waals surface area (Å²) in [4.78, 5) is 26.3. The number of anilines is 1. The van der Waals surface area contributed by atoms with Crippen LogP contribution >= 0.6 is 27.5 Å². The molecule has 0 aliphatic carbocycles. The molecule has 4 aromatic rings. The molecule has 0 aliphatic rings. The van der Waals surface area contributed by atoms with Crippen molar-refractivity contribution in [1.29, 1.82) is 0 Å². The Morgan fingerprint density at radius 3 is 2.11 bits per heavy atom. The Kier molecular flexibility index (Phi) is 8.56. The van der Waals surface area contributed by atoms with Crippen molar-refractivity contribution >= 4 is 54.9 Å². The SMILES string of the molecule is O=C(CN(Cc1ccccc1)S(=O)(=O)c1ccc(Br)cc1)Nc1ccc(Cl)cc1C(=O)c1ccccc1. The van der Waals surface area contributed by atoms with E-state index < -0.39 is 22.5 Å². The highest BCUT2D eigenvalue weighted by molar-refractivity contribution is 9.10. The summed E-state index contributed by atoms with van der Waals surface area (Å²) >= 11 is 9.45. The second-order valence-electron chi connectivity index (χ2n) is 8.15. The molecule has 0 spiro atoms. The molecule has 0 bridgehead atoms. The van der Waals surface area contributed by atoms with Gasteiger partial charge in [-0.15, -0.1) is 0 Å². The van der Waals surface area contributed by atoms with Crippen LogP contribution in [0.1, 0.15) is 21.5 Å². The zero-order valence-corrected chi connectivity index (χ0v) is 22.6. The first-order chi connectivity index (χ1) is 17.7. The number of amides is 1. The van der Waals surface area contributed by atoms with Crippen molar-refractivity contribution in [3.8, 4) is 0 Å². The van der Waals surface area contributed by atoms with E-state index in [2.05, 4.69) is 21.2 Å². The summed E-state index contributed by atoms with van der Waals surface area (Å²) in [5.41, 5.74) is 1.60. The Hall–Kier alpha value is -3.30. The van der Waals surface area contributed by atoms with Gasteiger partial charge in [-0.25, -0.2) is 8.42 Å². The first-order valence-corrected chi connectivity index (χ1v) is 13.8. The molecule has 0 saturated heterocycles. The van der Waals surface area contributed by atoms with Crippen molar-refractivity contribution in [2.45, 2.75) is 11.4 Å². The number of benzene rings is 4. The van der Waals surface area contributed by atoms with Gasteiger partial charge in [-0.2, -0.15) is 4.31 Å². The number of rotatable bonds is 9. The molecule has 0 fully saturated rings. The molecule has 0 atom stereocenters. The van der Waals surface area contributed by atoms with Gasteiger partial charge in [0.05, 0.1) is 17.1 Å². The van der Waals surface area contributed by atoms with Crippen molar-refractivity contribution in [1.82, 2.24) is 4.31 Å². The zero-order chi connectivity index (χ0) is 26.4. The molecule has 0 aromatic heterocycles. The van der Waals surface area contributed by atoms with Crippen molar-refractivity contribution in [3.05, 3.63) is 129 Å². The standard InChI is InChI=1S/C28H22BrClN2O4S/c29-22-11-14-24(15-12-22)37(35,36)32(18-20-7-3-1-4-8-20)19-27(33)31-26-16-13-23(30)17-25(26)28(34)21-9-5-2-6-10-21/h1-17H,18-19H2,(H,31,33). The Morgan fingerprint density at radius 2 is 1.46 bits per heavy atom. The van der Waals surface area contributed by atoms with E-state index in [-0.39, 0.29) is 28.5 Å². The van der Waals surface area contributed by atoms with Crippen LogP contribution in [0.2, 0.25) is 5.02 Å². The van der Waals surface area contributed by atoms with Gasteiger partial charge in [-0.1, -0.05) is 88.2 Å². The smallest absolute Gasteiger partial charge is 0.243 e. The molecule has 188 valence electrons. The molecule has 9 heteroatoms. The number of halogens is 2. The lowest BCUT2D eigenvalue weighted by Crippen LogP contribution is -2.37. The fraction of sp³-hybridized carbons (Fsp3) is 0.0714. The number of nitrogens with zero attached hydrogens (tertiary/aromatic N) is 1. The van der Waals surface area contributed by atoms with Crippen molar-refractivity contribution in [2.24, 2.45) is 0 Å². The minimum atomic E-state index is -4.02. The molecule has 4 rings (SSSR count). The van der Waals surface area contributed by atoms with Gasteiger partial charge < -0.3 is 5.32 Å². The summed E-state index contributed by atoms with van der Waals surface area (Å²) in [5, 5.41) is 3.04. The van der Waals surface area contributed by atoms with Gasteiger partial charge in [0.2, 0.25) is 15.9 Å². The number of carbonyl (C=O) groups excluding carboxylic acids is 2. The fourth-order valence-electron chi connectivity index (χ4n) is 3.68. The topological polar surface area (TPSA) is 83.6 Å². The van der Waals surface area contributed by atoms with Gasteiger partial charge in [0.15, 0.2) is 5.78 Å². The van der Waals surface area contributed by atoms with Gasteiger partial charge >= 0.3 is 0 Å². The molecule has 37 heavy (non-hydrogen) atoms. The van der Waals surface area contributed by atoms with E-state index in [1.807, 2.05) is 6.07 Å². The highest BCUT2D eigenvalue weighted by Gasteiger charge is 2.27. The first-order valence-electron chi connectivity index (χ1n) is 11.2. The van der Waals surface area contributed by atoms with E-state index in [4.69, 9.17) is 11.6 Å². The molecule has 0 unspecified atom stereocenters. The number of ketones is 1. The highest BCUT2D eigenvalue weighted by atomic mass is 79.9. The van der Waals surface area contributed by atoms with Gasteiger partial charge in [0.25, 0.3) is 0 Å². The maximum Gasteiger partial charge on any atom is 0.243 e. The molecule has 0 heterocycles. The normalized spacial score (nSPS) is 11.3. The molecule has 0 saturated carbocycles. The second kappa shape index (κ2) is 11.8. The lowest BCUT2D eigenvalue weighted by atomic mass is 10.0. The van der Waals surface area contributed by atoms with Crippen molar-refractivity contribution in [2.75, 3.05) is 11.9 Å². The number of sulfonamides is 1. The summed E-state index contributed by atoms with van der Waals surface area (Å²) in [5.74, 6) is -0.914. The van der Waals surface area contributed by atoms with Crippen LogP contribution < -0.4 is 5.32 Å². The van der Waals surface area contributed by atoms with Gasteiger partial charge in [0, 0.05) is 27.2 Å². The van der Waals surface area contributed by atoms with Gasteiger partial charge in [-0.3, -0.25) is 9.59 Å². The van der Waals surface area contributed by atoms with E-state index in [0.717, 1.165) is 14.3 Å². The number of hydrogen-bond acceptors (Lipinski definition) is 4. The Bertz CT molecular complexity index is 1510. The van der Waals surface area contributed by atoms with Crippen molar-refractivity contribution < 1.29 is 18.0 Å². The Labute approximate surface area is 229 Å². The lowest BCUT2D eigenvalue weighted by Gasteiger charge is -2.22. The summed E-state index contributed by atoms with van der Waals surface area (Å²) in [6.45, 7) is -0.474. The summed E-state index contributed by atoms with van der Waals surface area (Å²) in [7, 11) is -4.02. The molecule has 1 N–H and O–H groups in total. The lowest BCUT2D eigenvalue weighted by molar-refractivity contribution is -0.116. The molecule has 1 amide bonds. The number of nitrogens with one attached hydrogen (secondary N) is 1. The van der Waals surface area contributed by atoms with Crippen molar-refractivity contribution in [3.63, 3.8) is 0 Å². The van der Waals surface area contributed by atoms with Crippen LogP contribution in [0.25, 0.3) is 0 Å². The molecular weight excluding hydrogens is 576 g/mol. The highest BCUT2D eigenvalue weighted by Crippen LogP contribution is 2.25. The van der Waals surface area contributed by atoms with Crippen LogP contribution in [0.15, 0.2) is 112 Å². The van der Waals surface area contributed by atoms with Gasteiger partial charge in [-0.05, 0) is 48.0 Å². The molecular formula is C28H22BrClN2O4S. The van der Waals surface area contributed by atoms with E-state index in [9.17, 15) is 18.0 Å². The predicted octanol–water partition coefficient (Wildman–Crippen LogP) is 6.16. The zero-order valence-electron chi connectivity index (χ0n) is 19.5. The quantitative estimate of drug-likeness (QED) is 0.234. The maximum atomic E-state index is 13.5. The fourth-order valence-corrected chi connectivity index (χ4v) is 5.50. The predicted molar refractivity (Wildman–Crippen MR) is 148 cm³/mol. The summed E-state index contributed by atoms with van der Waals surface area (Å²) in [6.07, 6.45) is 0. The number of hydrogen-bond donors (Lipinski definition) is 1. The first kappa shape index (κ1) is 26.8. The second-order valence-corrected chi connectivity index (χ2v) is 11.4.